The Morgan fingerprint density at radius 1 is 1.55 bits per heavy atom. The number of ether oxygens (including phenoxy) is 1. The molecule has 1 fully saturated rings. The van der Waals surface area contributed by atoms with Crippen molar-refractivity contribution in [1.29, 1.82) is 0 Å². The third kappa shape index (κ3) is 2.19. The lowest BCUT2D eigenvalue weighted by atomic mass is 10.4. The molecule has 0 aliphatic carbocycles. The number of hydrogen-bond donors (Lipinski definition) is 1. The van der Waals surface area contributed by atoms with Crippen molar-refractivity contribution in [2.45, 2.75) is 0 Å². The lowest BCUT2D eigenvalue weighted by Crippen LogP contribution is -2.41. The Morgan fingerprint density at radius 2 is 2.18 bits per heavy atom. The van der Waals surface area contributed by atoms with E-state index in [1.54, 1.807) is 4.90 Å². The number of rotatable bonds is 1. The maximum Gasteiger partial charge on any atom is 0.268 e. The van der Waals surface area contributed by atoms with Gasteiger partial charge >= 0.3 is 0 Å². The third-order valence-corrected chi connectivity index (χ3v) is 1.49. The quantitative estimate of drug-likeness (QED) is 0.312. The van der Waals surface area contributed by atoms with E-state index < -0.39 is 0 Å². The molecule has 11 heavy (non-hydrogen) atoms. The SMILES string of the molecule is O=C(C=NO)N1CCOCC1. The molecule has 5 heteroatoms. The van der Waals surface area contributed by atoms with Crippen molar-refractivity contribution in [1.82, 2.24) is 4.90 Å². The highest BCUT2D eigenvalue weighted by molar-refractivity contribution is 6.25. The van der Waals surface area contributed by atoms with Gasteiger partial charge in [-0.05, 0) is 0 Å². The van der Waals surface area contributed by atoms with E-state index in [4.69, 9.17) is 9.94 Å². The highest BCUT2D eigenvalue weighted by Gasteiger charge is 2.14. The van der Waals surface area contributed by atoms with Crippen molar-refractivity contribution >= 4 is 12.1 Å². The fraction of sp³-hybridized carbons (Fsp3) is 0.667. The molecule has 1 N–H and O–H groups in total. The minimum absolute atomic E-state index is 0.268. The molecule has 0 unspecified atom stereocenters. The number of nitrogens with zero attached hydrogens (tertiary/aromatic N) is 2. The number of oxime groups is 1. The molecule has 1 rings (SSSR count). The predicted octanol–water partition coefficient (Wildman–Crippen LogP) is -0.695. The maximum atomic E-state index is 11.0. The van der Waals surface area contributed by atoms with Gasteiger partial charge in [0.05, 0.1) is 13.2 Å². The molecule has 0 radical (unpaired) electrons. The van der Waals surface area contributed by atoms with Gasteiger partial charge < -0.3 is 14.8 Å². The van der Waals surface area contributed by atoms with Gasteiger partial charge in [-0.2, -0.15) is 0 Å². The van der Waals surface area contributed by atoms with E-state index in [1.165, 1.54) is 0 Å². The molecule has 1 amide bonds. The summed E-state index contributed by atoms with van der Waals surface area (Å²) < 4.78 is 5.03. The molecule has 1 aliphatic rings. The molecule has 0 aromatic carbocycles. The van der Waals surface area contributed by atoms with E-state index in [0.717, 1.165) is 6.21 Å². The monoisotopic (exact) mass is 158 g/mol. The first-order valence-electron chi connectivity index (χ1n) is 3.38. The Morgan fingerprint density at radius 3 is 2.73 bits per heavy atom. The Labute approximate surface area is 64.2 Å². The molecule has 0 aromatic rings. The first kappa shape index (κ1) is 8.00. The van der Waals surface area contributed by atoms with E-state index in [1.807, 2.05) is 0 Å². The second-order valence-corrected chi connectivity index (χ2v) is 2.18. The van der Waals surface area contributed by atoms with Crippen LogP contribution in [0.1, 0.15) is 0 Å². The van der Waals surface area contributed by atoms with Gasteiger partial charge in [0.2, 0.25) is 0 Å². The summed E-state index contributed by atoms with van der Waals surface area (Å²) in [7, 11) is 0. The van der Waals surface area contributed by atoms with E-state index in [0.29, 0.717) is 26.3 Å². The van der Waals surface area contributed by atoms with Crippen LogP contribution < -0.4 is 0 Å². The average Bonchev–Trinajstić information content (AvgIpc) is 2.07. The van der Waals surface area contributed by atoms with Crippen LogP contribution in [0.25, 0.3) is 0 Å². The van der Waals surface area contributed by atoms with Gasteiger partial charge in [0.25, 0.3) is 5.91 Å². The molecule has 62 valence electrons. The summed E-state index contributed by atoms with van der Waals surface area (Å²) in [5.41, 5.74) is 0. The third-order valence-electron chi connectivity index (χ3n) is 1.49. The van der Waals surface area contributed by atoms with Gasteiger partial charge in [-0.25, -0.2) is 0 Å². The van der Waals surface area contributed by atoms with Crippen LogP contribution in [0.5, 0.6) is 0 Å². The number of carbonyl (C=O) groups excluding carboxylic acids is 1. The lowest BCUT2D eigenvalue weighted by Gasteiger charge is -2.24. The summed E-state index contributed by atoms with van der Waals surface area (Å²) in [6.45, 7) is 2.27. The normalized spacial score (nSPS) is 19.1. The van der Waals surface area contributed by atoms with Crippen molar-refractivity contribution in [2.75, 3.05) is 26.3 Å². The molecule has 1 saturated heterocycles. The minimum Gasteiger partial charge on any atom is -0.411 e. The van der Waals surface area contributed by atoms with Crippen LogP contribution >= 0.6 is 0 Å². The number of morpholine rings is 1. The largest absolute Gasteiger partial charge is 0.411 e. The zero-order valence-corrected chi connectivity index (χ0v) is 6.06. The van der Waals surface area contributed by atoms with Gasteiger partial charge in [-0.3, -0.25) is 4.79 Å². The van der Waals surface area contributed by atoms with Crippen LogP contribution in [0.15, 0.2) is 5.16 Å². The summed E-state index contributed by atoms with van der Waals surface area (Å²) in [4.78, 5) is 12.5. The highest BCUT2D eigenvalue weighted by atomic mass is 16.5. The van der Waals surface area contributed by atoms with Gasteiger partial charge in [-0.15, -0.1) is 0 Å². The number of hydrogen-bond acceptors (Lipinski definition) is 4. The lowest BCUT2D eigenvalue weighted by molar-refractivity contribution is -0.127. The van der Waals surface area contributed by atoms with Crippen molar-refractivity contribution in [3.05, 3.63) is 0 Å². The van der Waals surface area contributed by atoms with Gasteiger partial charge in [0.1, 0.15) is 6.21 Å². The zero-order chi connectivity index (χ0) is 8.10. The van der Waals surface area contributed by atoms with E-state index in [2.05, 4.69) is 5.16 Å². The summed E-state index contributed by atoms with van der Waals surface area (Å²) in [5, 5.41) is 10.7. The second-order valence-electron chi connectivity index (χ2n) is 2.18. The summed E-state index contributed by atoms with van der Waals surface area (Å²) in [6.07, 6.45) is 0.894. The van der Waals surface area contributed by atoms with Crippen molar-refractivity contribution in [3.63, 3.8) is 0 Å². The van der Waals surface area contributed by atoms with Gasteiger partial charge in [-0.1, -0.05) is 5.16 Å². The molecule has 1 heterocycles. The molecule has 0 saturated carbocycles. The van der Waals surface area contributed by atoms with Crippen LogP contribution in [0.4, 0.5) is 0 Å². The van der Waals surface area contributed by atoms with Gasteiger partial charge in [0, 0.05) is 13.1 Å². The predicted molar refractivity (Wildman–Crippen MR) is 37.7 cm³/mol. The number of amides is 1. The molecular formula is C6H10N2O3. The van der Waals surface area contributed by atoms with E-state index in [9.17, 15) is 4.79 Å². The Hall–Kier alpha value is -1.10. The fourth-order valence-corrected chi connectivity index (χ4v) is 0.915. The topological polar surface area (TPSA) is 62.1 Å². The van der Waals surface area contributed by atoms with Crippen LogP contribution in [0.2, 0.25) is 0 Å². The first-order chi connectivity index (χ1) is 5.34. The van der Waals surface area contributed by atoms with Crippen molar-refractivity contribution < 1.29 is 14.7 Å². The molecule has 0 atom stereocenters. The molecule has 0 bridgehead atoms. The highest BCUT2D eigenvalue weighted by Crippen LogP contribution is 1.95. The average molecular weight is 158 g/mol. The fourth-order valence-electron chi connectivity index (χ4n) is 0.915. The van der Waals surface area contributed by atoms with Crippen molar-refractivity contribution in [3.8, 4) is 0 Å². The smallest absolute Gasteiger partial charge is 0.268 e. The molecular weight excluding hydrogens is 148 g/mol. The maximum absolute atomic E-state index is 11.0. The van der Waals surface area contributed by atoms with Gasteiger partial charge in [0.15, 0.2) is 0 Å². The summed E-state index contributed by atoms with van der Waals surface area (Å²) in [6, 6.07) is 0. The Balaban J connectivity index is 2.38. The Bertz CT molecular complexity index is 163. The van der Waals surface area contributed by atoms with Crippen molar-refractivity contribution in [2.24, 2.45) is 5.16 Å². The number of carbonyl (C=O) groups is 1. The standard InChI is InChI=1S/C6H10N2O3/c9-6(5-7-10)8-1-3-11-4-2-8/h5,10H,1-4H2. The van der Waals surface area contributed by atoms with Crippen LogP contribution in [-0.2, 0) is 9.53 Å². The summed E-state index contributed by atoms with van der Waals surface area (Å²) >= 11 is 0. The zero-order valence-electron chi connectivity index (χ0n) is 6.06. The molecule has 0 spiro atoms. The second kappa shape index (κ2) is 3.92. The summed E-state index contributed by atoms with van der Waals surface area (Å²) in [5.74, 6) is -0.268. The molecule has 5 nitrogen and oxygen atoms in total. The van der Waals surface area contributed by atoms with E-state index >= 15 is 0 Å². The molecule has 0 aromatic heterocycles. The van der Waals surface area contributed by atoms with Crippen LogP contribution in [0.3, 0.4) is 0 Å². The Kier molecular flexibility index (Phi) is 2.85. The first-order valence-corrected chi connectivity index (χ1v) is 3.38. The van der Waals surface area contributed by atoms with Crippen LogP contribution in [0, 0.1) is 0 Å². The van der Waals surface area contributed by atoms with Crippen LogP contribution in [-0.4, -0.2) is 48.5 Å². The molecule has 1 aliphatic heterocycles. The van der Waals surface area contributed by atoms with E-state index in [-0.39, 0.29) is 5.91 Å². The minimum atomic E-state index is -0.268.